The number of imidazole rings is 1. The van der Waals surface area contributed by atoms with E-state index in [9.17, 15) is 4.79 Å². The standard InChI is InChI=1S/C23H21ClN8O/c1-4-20(33)31-10-15(7-13(31)2)32-23-21(22(25)26-11-27-23)17(29-32)6-5-14-8-18-19(9-16(14)24)30(3)12-28-18/h4,8-9,11-13,15H,1,7,10H2,2-3H3,(H2,25,26,27)/t13-,15?/m0/s1. The van der Waals surface area contributed by atoms with Crippen LogP contribution in [-0.4, -0.2) is 52.7 Å². The molecule has 2 atom stereocenters. The number of nitrogens with two attached hydrogens (primary N) is 1. The smallest absolute Gasteiger partial charge is 0.246 e. The number of hydrogen-bond acceptors (Lipinski definition) is 6. The van der Waals surface area contributed by atoms with E-state index in [-0.39, 0.29) is 18.0 Å². The second kappa shape index (κ2) is 7.90. The van der Waals surface area contributed by atoms with E-state index in [1.165, 1.54) is 12.4 Å². The zero-order valence-corrected chi connectivity index (χ0v) is 18.9. The third-order valence-electron chi connectivity index (χ3n) is 6.00. The van der Waals surface area contributed by atoms with Crippen LogP contribution in [0.3, 0.4) is 0 Å². The molecule has 1 saturated heterocycles. The molecule has 3 aromatic heterocycles. The Labute approximate surface area is 194 Å². The average molecular weight is 461 g/mol. The van der Waals surface area contributed by atoms with Crippen LogP contribution < -0.4 is 5.73 Å². The van der Waals surface area contributed by atoms with Crippen molar-refractivity contribution in [3.8, 4) is 11.8 Å². The maximum absolute atomic E-state index is 12.2. The highest BCUT2D eigenvalue weighted by Crippen LogP contribution is 2.31. The molecule has 1 amide bonds. The summed E-state index contributed by atoms with van der Waals surface area (Å²) in [4.78, 5) is 26.9. The monoisotopic (exact) mass is 460 g/mol. The van der Waals surface area contributed by atoms with Gasteiger partial charge in [0.25, 0.3) is 0 Å². The van der Waals surface area contributed by atoms with E-state index in [1.54, 1.807) is 15.9 Å². The summed E-state index contributed by atoms with van der Waals surface area (Å²) in [5.74, 6) is 6.40. The number of aryl methyl sites for hydroxylation is 1. The van der Waals surface area contributed by atoms with Crippen LogP contribution in [-0.2, 0) is 11.8 Å². The molecule has 0 bridgehead atoms. The lowest BCUT2D eigenvalue weighted by molar-refractivity contribution is -0.126. The van der Waals surface area contributed by atoms with Gasteiger partial charge in [-0.1, -0.05) is 24.1 Å². The van der Waals surface area contributed by atoms with E-state index < -0.39 is 0 Å². The molecule has 166 valence electrons. The van der Waals surface area contributed by atoms with Crippen molar-refractivity contribution in [2.45, 2.75) is 25.4 Å². The minimum atomic E-state index is -0.102. The van der Waals surface area contributed by atoms with Crippen molar-refractivity contribution >= 4 is 45.4 Å². The molecule has 10 heteroatoms. The molecule has 33 heavy (non-hydrogen) atoms. The number of nitrogen functional groups attached to an aromatic ring is 1. The summed E-state index contributed by atoms with van der Waals surface area (Å²) < 4.78 is 3.70. The van der Waals surface area contributed by atoms with Gasteiger partial charge in [0, 0.05) is 25.2 Å². The minimum absolute atomic E-state index is 0.0531. The lowest BCUT2D eigenvalue weighted by Gasteiger charge is -2.19. The quantitative estimate of drug-likeness (QED) is 0.364. The van der Waals surface area contributed by atoms with E-state index >= 15 is 0 Å². The van der Waals surface area contributed by atoms with Crippen LogP contribution in [0.15, 0.2) is 37.4 Å². The predicted molar refractivity (Wildman–Crippen MR) is 126 cm³/mol. The SMILES string of the molecule is C=CC(=O)N1CC(n2nc(C#Cc3cc4ncn(C)c4cc3Cl)c3c(N)ncnc32)C[C@@H]1C. The molecular weight excluding hydrogens is 440 g/mol. The number of carbonyl (C=O) groups is 1. The van der Waals surface area contributed by atoms with Crippen LogP contribution in [0.5, 0.6) is 0 Å². The molecule has 0 radical (unpaired) electrons. The number of amides is 1. The number of rotatable bonds is 2. The molecule has 4 heterocycles. The van der Waals surface area contributed by atoms with Crippen molar-refractivity contribution in [2.75, 3.05) is 12.3 Å². The van der Waals surface area contributed by atoms with Gasteiger partial charge in [-0.2, -0.15) is 5.10 Å². The van der Waals surface area contributed by atoms with Crippen molar-refractivity contribution in [3.63, 3.8) is 0 Å². The second-order valence-corrected chi connectivity index (χ2v) is 8.52. The zero-order chi connectivity index (χ0) is 23.3. The molecule has 0 saturated carbocycles. The highest BCUT2D eigenvalue weighted by Gasteiger charge is 2.34. The summed E-state index contributed by atoms with van der Waals surface area (Å²) in [6.07, 6.45) is 5.20. The first kappa shape index (κ1) is 21.0. The summed E-state index contributed by atoms with van der Waals surface area (Å²) in [7, 11) is 1.91. The number of halogens is 1. The zero-order valence-electron chi connectivity index (χ0n) is 18.2. The molecular formula is C23H21ClN8O. The first-order valence-electron chi connectivity index (χ1n) is 10.4. The Balaban J connectivity index is 1.58. The molecule has 2 N–H and O–H groups in total. The van der Waals surface area contributed by atoms with E-state index in [0.717, 1.165) is 17.5 Å². The van der Waals surface area contributed by atoms with E-state index in [1.807, 2.05) is 30.7 Å². The Hall–Kier alpha value is -3.90. The summed E-state index contributed by atoms with van der Waals surface area (Å²) in [6, 6.07) is 3.68. The van der Waals surface area contributed by atoms with E-state index in [2.05, 4.69) is 33.4 Å². The lowest BCUT2D eigenvalue weighted by atomic mass is 10.2. The Morgan fingerprint density at radius 2 is 2.12 bits per heavy atom. The van der Waals surface area contributed by atoms with Crippen LogP contribution in [0, 0.1) is 11.8 Å². The van der Waals surface area contributed by atoms with E-state index in [0.29, 0.717) is 39.7 Å². The Morgan fingerprint density at radius 1 is 1.30 bits per heavy atom. The van der Waals surface area contributed by atoms with Gasteiger partial charge >= 0.3 is 0 Å². The maximum Gasteiger partial charge on any atom is 0.246 e. The number of benzene rings is 1. The number of fused-ring (bicyclic) bond motifs is 2. The van der Waals surface area contributed by atoms with Gasteiger partial charge in [-0.3, -0.25) is 4.79 Å². The van der Waals surface area contributed by atoms with E-state index in [4.69, 9.17) is 22.4 Å². The third-order valence-corrected chi connectivity index (χ3v) is 6.32. The third kappa shape index (κ3) is 3.49. The summed E-state index contributed by atoms with van der Waals surface area (Å²) >= 11 is 6.47. The first-order valence-corrected chi connectivity index (χ1v) is 10.8. The molecule has 0 aliphatic carbocycles. The molecule has 4 aromatic rings. The van der Waals surface area contributed by atoms with Gasteiger partial charge in [0.05, 0.1) is 33.8 Å². The first-order chi connectivity index (χ1) is 15.9. The van der Waals surface area contributed by atoms with Crippen LogP contribution in [0.25, 0.3) is 22.1 Å². The van der Waals surface area contributed by atoms with Gasteiger partial charge in [-0.15, -0.1) is 0 Å². The van der Waals surface area contributed by atoms with Crippen LogP contribution in [0.4, 0.5) is 5.82 Å². The van der Waals surface area contributed by atoms with Crippen molar-refractivity contribution in [2.24, 2.45) is 7.05 Å². The molecule has 9 nitrogen and oxygen atoms in total. The van der Waals surface area contributed by atoms with Gasteiger partial charge in [-0.25, -0.2) is 19.6 Å². The van der Waals surface area contributed by atoms with Gasteiger partial charge < -0.3 is 15.2 Å². The van der Waals surface area contributed by atoms with Gasteiger partial charge in [0.2, 0.25) is 5.91 Å². The summed E-state index contributed by atoms with van der Waals surface area (Å²) in [5.41, 5.74) is 9.59. The number of anilines is 1. The van der Waals surface area contributed by atoms with Gasteiger partial charge in [0.15, 0.2) is 5.65 Å². The van der Waals surface area contributed by atoms with Crippen molar-refractivity contribution in [1.29, 1.82) is 0 Å². The highest BCUT2D eigenvalue weighted by atomic mass is 35.5. The number of hydrogen-bond donors (Lipinski definition) is 1. The fourth-order valence-corrected chi connectivity index (χ4v) is 4.52. The van der Waals surface area contributed by atoms with Crippen molar-refractivity contribution in [3.05, 3.63) is 53.7 Å². The van der Waals surface area contributed by atoms with Crippen molar-refractivity contribution < 1.29 is 4.79 Å². The second-order valence-electron chi connectivity index (χ2n) is 8.11. The fourth-order valence-electron chi connectivity index (χ4n) is 4.31. The molecule has 1 unspecified atom stereocenters. The van der Waals surface area contributed by atoms with Gasteiger partial charge in [0.1, 0.15) is 17.8 Å². The molecule has 1 aromatic carbocycles. The van der Waals surface area contributed by atoms with Crippen LogP contribution >= 0.6 is 11.6 Å². The maximum atomic E-state index is 12.2. The Morgan fingerprint density at radius 3 is 2.91 bits per heavy atom. The molecule has 1 fully saturated rings. The fraction of sp³-hybridized carbons (Fsp3) is 0.261. The van der Waals surface area contributed by atoms with Gasteiger partial charge in [-0.05, 0) is 37.5 Å². The van der Waals surface area contributed by atoms with Crippen LogP contribution in [0.2, 0.25) is 5.02 Å². The number of nitrogens with zero attached hydrogens (tertiary/aromatic N) is 7. The van der Waals surface area contributed by atoms with Crippen LogP contribution in [0.1, 0.15) is 30.6 Å². The normalized spacial score (nSPS) is 18.0. The summed E-state index contributed by atoms with van der Waals surface area (Å²) in [5, 5.41) is 5.84. The molecule has 0 spiro atoms. The largest absolute Gasteiger partial charge is 0.383 e. The minimum Gasteiger partial charge on any atom is -0.383 e. The molecule has 1 aliphatic heterocycles. The van der Waals surface area contributed by atoms with Crippen molar-refractivity contribution in [1.82, 2.24) is 34.2 Å². The number of aromatic nitrogens is 6. The number of likely N-dealkylation sites (tertiary alicyclic amines) is 1. The topological polar surface area (TPSA) is 108 Å². The molecule has 1 aliphatic rings. The Bertz CT molecular complexity index is 1490. The lowest BCUT2D eigenvalue weighted by Crippen LogP contribution is -2.32. The summed E-state index contributed by atoms with van der Waals surface area (Å²) in [6.45, 7) is 6.11. The number of carbonyl (C=O) groups excluding carboxylic acids is 1. The predicted octanol–water partition coefficient (Wildman–Crippen LogP) is 2.70. The molecule has 5 rings (SSSR count). The Kier molecular flexibility index (Phi) is 5.02. The average Bonchev–Trinajstić information content (AvgIpc) is 3.47. The highest BCUT2D eigenvalue weighted by molar-refractivity contribution is 6.32.